The highest BCUT2D eigenvalue weighted by Gasteiger charge is 2.26. The Morgan fingerprint density at radius 2 is 1.68 bits per heavy atom. The smallest absolute Gasteiger partial charge is 0.314 e. The van der Waals surface area contributed by atoms with Crippen molar-refractivity contribution in [3.63, 3.8) is 0 Å². The summed E-state index contributed by atoms with van der Waals surface area (Å²) < 4.78 is 31.8. The summed E-state index contributed by atoms with van der Waals surface area (Å²) in [6, 6.07) is 2.11. The highest BCUT2D eigenvalue weighted by Crippen LogP contribution is 2.30. The van der Waals surface area contributed by atoms with Crippen LogP contribution in [0.1, 0.15) is 38.2 Å². The molecule has 0 radical (unpaired) electrons. The first-order valence-electron chi connectivity index (χ1n) is 6.64. The van der Waals surface area contributed by atoms with Crippen LogP contribution in [-0.4, -0.2) is 5.97 Å². The van der Waals surface area contributed by atoms with Gasteiger partial charge in [0.2, 0.25) is 0 Å². The number of hydrogen-bond acceptors (Lipinski definition) is 2. The summed E-state index contributed by atoms with van der Waals surface area (Å²) in [6.45, 7) is 3.51. The fourth-order valence-electron chi connectivity index (χ4n) is 2.38. The van der Waals surface area contributed by atoms with Gasteiger partial charge in [-0.15, -0.1) is 0 Å². The summed E-state index contributed by atoms with van der Waals surface area (Å²) in [7, 11) is 0. The molecule has 0 bridgehead atoms. The molecule has 1 aliphatic carbocycles. The SMILES string of the molecule is Cc1c(F)cc(OC(=O)C2CCC(C)CC2)cc1F. The number of benzene rings is 1. The van der Waals surface area contributed by atoms with Gasteiger partial charge in [-0.25, -0.2) is 8.78 Å². The van der Waals surface area contributed by atoms with E-state index in [9.17, 15) is 13.6 Å². The number of esters is 1. The molecule has 0 amide bonds. The van der Waals surface area contributed by atoms with Gasteiger partial charge in [0, 0.05) is 17.7 Å². The maximum atomic E-state index is 13.4. The highest BCUT2D eigenvalue weighted by atomic mass is 19.1. The van der Waals surface area contributed by atoms with Crippen molar-refractivity contribution in [3.8, 4) is 5.75 Å². The van der Waals surface area contributed by atoms with E-state index in [1.165, 1.54) is 6.92 Å². The molecular formula is C15H18F2O2. The molecule has 0 aliphatic heterocycles. The van der Waals surface area contributed by atoms with Gasteiger partial charge in [0.05, 0.1) is 5.92 Å². The van der Waals surface area contributed by atoms with Crippen LogP contribution >= 0.6 is 0 Å². The molecule has 1 fully saturated rings. The predicted octanol–water partition coefficient (Wildman–Crippen LogP) is 4.00. The van der Waals surface area contributed by atoms with Crippen LogP contribution in [0.15, 0.2) is 12.1 Å². The largest absolute Gasteiger partial charge is 0.426 e. The molecule has 2 rings (SSSR count). The molecule has 0 saturated heterocycles. The fourth-order valence-corrected chi connectivity index (χ4v) is 2.38. The zero-order chi connectivity index (χ0) is 14.0. The van der Waals surface area contributed by atoms with Crippen molar-refractivity contribution < 1.29 is 18.3 Å². The molecule has 0 atom stereocenters. The molecule has 0 aromatic heterocycles. The standard InChI is InChI=1S/C15H18F2O2/c1-9-3-5-11(6-4-9)15(18)19-12-7-13(16)10(2)14(17)8-12/h7-9,11H,3-6H2,1-2H3. The number of ether oxygens (including phenoxy) is 1. The molecule has 1 saturated carbocycles. The molecule has 19 heavy (non-hydrogen) atoms. The summed E-state index contributed by atoms with van der Waals surface area (Å²) in [4.78, 5) is 11.9. The molecule has 1 aromatic carbocycles. The third-order valence-electron chi connectivity index (χ3n) is 3.82. The van der Waals surface area contributed by atoms with Gasteiger partial charge >= 0.3 is 5.97 Å². The highest BCUT2D eigenvalue weighted by molar-refractivity contribution is 5.75. The van der Waals surface area contributed by atoms with Crippen LogP contribution < -0.4 is 4.74 Å². The van der Waals surface area contributed by atoms with E-state index < -0.39 is 11.6 Å². The number of carbonyl (C=O) groups is 1. The van der Waals surface area contributed by atoms with Gasteiger partial charge in [-0.2, -0.15) is 0 Å². The number of halogens is 2. The normalized spacial score (nSPS) is 23.2. The van der Waals surface area contributed by atoms with Gasteiger partial charge in [-0.05, 0) is 38.5 Å². The second kappa shape index (κ2) is 5.68. The second-order valence-corrected chi connectivity index (χ2v) is 5.39. The Morgan fingerprint density at radius 3 is 2.21 bits per heavy atom. The Morgan fingerprint density at radius 1 is 1.16 bits per heavy atom. The van der Waals surface area contributed by atoms with Crippen LogP contribution in [0.2, 0.25) is 0 Å². The van der Waals surface area contributed by atoms with E-state index in [1.807, 2.05) is 0 Å². The molecule has 0 unspecified atom stereocenters. The van der Waals surface area contributed by atoms with Gasteiger partial charge in [-0.1, -0.05) is 6.92 Å². The summed E-state index contributed by atoms with van der Waals surface area (Å²) in [5.74, 6) is -1.33. The Labute approximate surface area is 111 Å². The lowest BCUT2D eigenvalue weighted by atomic mass is 9.83. The van der Waals surface area contributed by atoms with Crippen LogP contribution in [0.3, 0.4) is 0 Å². The summed E-state index contributed by atoms with van der Waals surface area (Å²) >= 11 is 0. The lowest BCUT2D eigenvalue weighted by Gasteiger charge is -2.24. The van der Waals surface area contributed by atoms with Gasteiger partial charge in [-0.3, -0.25) is 4.79 Å². The average molecular weight is 268 g/mol. The summed E-state index contributed by atoms with van der Waals surface area (Å²) in [5, 5.41) is 0. The number of rotatable bonds is 2. The van der Waals surface area contributed by atoms with E-state index in [1.54, 1.807) is 0 Å². The first-order chi connectivity index (χ1) is 8.97. The number of hydrogen-bond donors (Lipinski definition) is 0. The van der Waals surface area contributed by atoms with Crippen LogP contribution in [0, 0.1) is 30.4 Å². The Bertz CT molecular complexity index is 454. The molecule has 0 spiro atoms. The molecular weight excluding hydrogens is 250 g/mol. The zero-order valence-electron chi connectivity index (χ0n) is 11.2. The molecule has 2 nitrogen and oxygen atoms in total. The Kier molecular flexibility index (Phi) is 4.17. The van der Waals surface area contributed by atoms with Crippen LogP contribution in [0.25, 0.3) is 0 Å². The van der Waals surface area contributed by atoms with Crippen molar-refractivity contribution in [2.24, 2.45) is 11.8 Å². The minimum Gasteiger partial charge on any atom is -0.426 e. The van der Waals surface area contributed by atoms with Gasteiger partial charge in [0.15, 0.2) is 0 Å². The molecule has 0 N–H and O–H groups in total. The van der Waals surface area contributed by atoms with Crippen molar-refractivity contribution in [2.75, 3.05) is 0 Å². The average Bonchev–Trinajstić information content (AvgIpc) is 2.36. The predicted molar refractivity (Wildman–Crippen MR) is 67.9 cm³/mol. The van der Waals surface area contributed by atoms with Crippen LogP contribution in [0.4, 0.5) is 8.78 Å². The van der Waals surface area contributed by atoms with E-state index in [2.05, 4.69) is 6.92 Å². The van der Waals surface area contributed by atoms with Gasteiger partial charge in [0.1, 0.15) is 17.4 Å². The summed E-state index contributed by atoms with van der Waals surface area (Å²) in [5.41, 5.74) is -0.0636. The lowest BCUT2D eigenvalue weighted by Crippen LogP contribution is -2.25. The minimum atomic E-state index is -0.694. The van der Waals surface area contributed by atoms with Crippen molar-refractivity contribution in [1.82, 2.24) is 0 Å². The van der Waals surface area contributed by atoms with Crippen molar-refractivity contribution in [1.29, 1.82) is 0 Å². The Balaban J connectivity index is 2.03. The summed E-state index contributed by atoms with van der Waals surface area (Å²) in [6.07, 6.45) is 3.57. The van der Waals surface area contributed by atoms with Crippen molar-refractivity contribution >= 4 is 5.97 Å². The van der Waals surface area contributed by atoms with Gasteiger partial charge in [0.25, 0.3) is 0 Å². The minimum absolute atomic E-state index is 0.0516. The monoisotopic (exact) mass is 268 g/mol. The maximum absolute atomic E-state index is 13.4. The fraction of sp³-hybridized carbons (Fsp3) is 0.533. The molecule has 1 aromatic rings. The van der Waals surface area contributed by atoms with Crippen LogP contribution in [-0.2, 0) is 4.79 Å². The van der Waals surface area contributed by atoms with Crippen molar-refractivity contribution in [3.05, 3.63) is 29.3 Å². The lowest BCUT2D eigenvalue weighted by molar-refractivity contribution is -0.140. The zero-order valence-corrected chi connectivity index (χ0v) is 11.2. The second-order valence-electron chi connectivity index (χ2n) is 5.39. The van der Waals surface area contributed by atoms with E-state index >= 15 is 0 Å². The van der Waals surface area contributed by atoms with E-state index in [0.29, 0.717) is 5.92 Å². The van der Waals surface area contributed by atoms with E-state index in [4.69, 9.17) is 4.74 Å². The molecule has 104 valence electrons. The first-order valence-corrected chi connectivity index (χ1v) is 6.64. The van der Waals surface area contributed by atoms with E-state index in [0.717, 1.165) is 37.8 Å². The molecule has 4 heteroatoms. The topological polar surface area (TPSA) is 26.3 Å². The molecule has 0 heterocycles. The molecule has 1 aliphatic rings. The maximum Gasteiger partial charge on any atom is 0.314 e. The van der Waals surface area contributed by atoms with Crippen LogP contribution in [0.5, 0.6) is 5.75 Å². The number of carbonyl (C=O) groups excluding carboxylic acids is 1. The third kappa shape index (κ3) is 3.31. The van der Waals surface area contributed by atoms with Gasteiger partial charge < -0.3 is 4.74 Å². The Hall–Kier alpha value is -1.45. The first kappa shape index (κ1) is 14.0. The third-order valence-corrected chi connectivity index (χ3v) is 3.82. The van der Waals surface area contributed by atoms with Crippen molar-refractivity contribution in [2.45, 2.75) is 39.5 Å². The van der Waals surface area contributed by atoms with E-state index in [-0.39, 0.29) is 23.2 Å². The quantitative estimate of drug-likeness (QED) is 0.598.